The van der Waals surface area contributed by atoms with Crippen LogP contribution in [-0.4, -0.2) is 9.97 Å². The predicted molar refractivity (Wildman–Crippen MR) is 130 cm³/mol. The van der Waals surface area contributed by atoms with Crippen LogP contribution >= 0.6 is 23.2 Å². The number of nitrogens with one attached hydrogen (secondary N) is 1. The molecule has 0 bridgehead atoms. The van der Waals surface area contributed by atoms with Crippen LogP contribution in [0.15, 0.2) is 85.2 Å². The van der Waals surface area contributed by atoms with Gasteiger partial charge in [0, 0.05) is 51.9 Å². The third-order valence-corrected chi connectivity index (χ3v) is 5.70. The summed E-state index contributed by atoms with van der Waals surface area (Å²) in [6, 6.07) is 24.1. The van der Waals surface area contributed by atoms with E-state index in [0.29, 0.717) is 10.0 Å². The summed E-state index contributed by atoms with van der Waals surface area (Å²) in [5.74, 6) is 0. The zero-order valence-corrected chi connectivity index (χ0v) is 18.0. The van der Waals surface area contributed by atoms with E-state index in [4.69, 9.17) is 23.2 Å². The zero-order chi connectivity index (χ0) is 21.2. The number of aromatic nitrogens is 2. The summed E-state index contributed by atoms with van der Waals surface area (Å²) < 4.78 is 0. The number of halogens is 2. The molecule has 0 saturated carbocycles. The lowest BCUT2D eigenvalue weighted by atomic mass is 10.0. The van der Waals surface area contributed by atoms with Crippen LogP contribution < -0.4 is 5.32 Å². The number of anilines is 1. The lowest BCUT2D eigenvalue weighted by Crippen LogP contribution is -2.00. The summed E-state index contributed by atoms with van der Waals surface area (Å²) >= 11 is 12.2. The van der Waals surface area contributed by atoms with E-state index in [9.17, 15) is 0 Å². The Morgan fingerprint density at radius 2 is 1.35 bits per heavy atom. The smallest absolute Gasteiger partial charge is 0.0737 e. The maximum Gasteiger partial charge on any atom is 0.0737 e. The highest BCUT2D eigenvalue weighted by Gasteiger charge is 2.06. The van der Waals surface area contributed by atoms with Crippen LogP contribution in [0.25, 0.3) is 21.8 Å². The molecule has 31 heavy (non-hydrogen) atoms. The second-order valence-corrected chi connectivity index (χ2v) is 8.19. The molecule has 0 aliphatic heterocycles. The molecule has 3 aromatic carbocycles. The van der Waals surface area contributed by atoms with Crippen molar-refractivity contribution in [2.24, 2.45) is 0 Å². The van der Waals surface area contributed by atoms with Gasteiger partial charge in [-0.05, 0) is 59.2 Å². The second-order valence-electron chi connectivity index (χ2n) is 7.32. The maximum absolute atomic E-state index is 6.10. The van der Waals surface area contributed by atoms with Gasteiger partial charge in [-0.1, -0.05) is 53.5 Å². The number of hydrogen-bond donors (Lipinski definition) is 1. The second kappa shape index (κ2) is 8.54. The lowest BCUT2D eigenvalue weighted by Gasteiger charge is -2.11. The fourth-order valence-electron chi connectivity index (χ4n) is 3.65. The summed E-state index contributed by atoms with van der Waals surface area (Å²) in [6.07, 6.45) is 5.77. The molecule has 0 atom stereocenters. The van der Waals surface area contributed by atoms with Crippen molar-refractivity contribution in [2.45, 2.75) is 6.54 Å². The number of rotatable bonds is 5. The number of benzene rings is 3. The van der Waals surface area contributed by atoms with Crippen LogP contribution in [0.2, 0.25) is 10.0 Å². The number of pyridine rings is 2. The normalized spacial score (nSPS) is 11.2. The molecule has 151 valence electrons. The molecule has 0 aliphatic rings. The van der Waals surface area contributed by atoms with Crippen molar-refractivity contribution in [3.8, 4) is 0 Å². The lowest BCUT2D eigenvalue weighted by molar-refractivity contribution is 1.15. The maximum atomic E-state index is 6.10. The third kappa shape index (κ3) is 4.34. The van der Waals surface area contributed by atoms with Crippen molar-refractivity contribution in [3.05, 3.63) is 118 Å². The van der Waals surface area contributed by atoms with Gasteiger partial charge in [0.25, 0.3) is 0 Å². The largest absolute Gasteiger partial charge is 0.380 e. The highest BCUT2D eigenvalue weighted by Crippen LogP contribution is 2.26. The van der Waals surface area contributed by atoms with Crippen LogP contribution in [-0.2, 0) is 6.54 Å². The molecule has 0 amide bonds. The van der Waals surface area contributed by atoms with E-state index in [2.05, 4.69) is 46.0 Å². The van der Waals surface area contributed by atoms with Gasteiger partial charge in [-0.3, -0.25) is 9.97 Å². The van der Waals surface area contributed by atoms with E-state index in [1.165, 1.54) is 5.56 Å². The van der Waals surface area contributed by atoms with E-state index in [0.717, 1.165) is 45.2 Å². The van der Waals surface area contributed by atoms with Crippen molar-refractivity contribution in [2.75, 3.05) is 5.32 Å². The first kappa shape index (κ1) is 19.8. The molecule has 0 unspecified atom stereocenters. The minimum Gasteiger partial charge on any atom is -0.380 e. The Bertz CT molecular complexity index is 1380. The SMILES string of the molecule is Clc1ccc2c([CH]c3ccc(CNc4ccnc5cc(Cl)ccc45)cc3)ccnc2c1. The summed E-state index contributed by atoms with van der Waals surface area (Å²) in [4.78, 5) is 8.81. The zero-order valence-electron chi connectivity index (χ0n) is 16.5. The molecular formula is C26H18Cl2N3. The highest BCUT2D eigenvalue weighted by molar-refractivity contribution is 6.31. The Balaban J connectivity index is 1.31. The van der Waals surface area contributed by atoms with Crippen molar-refractivity contribution in [1.82, 2.24) is 9.97 Å². The van der Waals surface area contributed by atoms with Gasteiger partial charge < -0.3 is 5.32 Å². The summed E-state index contributed by atoms with van der Waals surface area (Å²) in [7, 11) is 0. The summed E-state index contributed by atoms with van der Waals surface area (Å²) in [6.45, 7) is 0.721. The van der Waals surface area contributed by atoms with Gasteiger partial charge in [-0.15, -0.1) is 0 Å². The first-order chi connectivity index (χ1) is 15.2. The third-order valence-electron chi connectivity index (χ3n) is 5.23. The van der Waals surface area contributed by atoms with Gasteiger partial charge in [0.2, 0.25) is 0 Å². The van der Waals surface area contributed by atoms with E-state index in [-0.39, 0.29) is 0 Å². The van der Waals surface area contributed by atoms with E-state index in [1.54, 1.807) is 6.20 Å². The van der Waals surface area contributed by atoms with Crippen molar-refractivity contribution in [3.63, 3.8) is 0 Å². The molecule has 2 aromatic heterocycles. The van der Waals surface area contributed by atoms with Gasteiger partial charge in [-0.25, -0.2) is 0 Å². The van der Waals surface area contributed by atoms with Crippen LogP contribution in [0.3, 0.4) is 0 Å². The molecule has 0 fully saturated rings. The minimum absolute atomic E-state index is 0.689. The number of nitrogens with zero attached hydrogens (tertiary/aromatic N) is 2. The summed E-state index contributed by atoms with van der Waals surface area (Å²) in [5, 5.41) is 7.03. The average molecular weight is 443 g/mol. The monoisotopic (exact) mass is 442 g/mol. The molecule has 0 saturated heterocycles. The van der Waals surface area contributed by atoms with Gasteiger partial charge in [-0.2, -0.15) is 0 Å². The van der Waals surface area contributed by atoms with Gasteiger partial charge in [0.15, 0.2) is 0 Å². The Morgan fingerprint density at radius 3 is 2.10 bits per heavy atom. The number of hydrogen-bond acceptors (Lipinski definition) is 3. The standard InChI is InChI=1S/C26H18Cl2N3/c27-20-5-7-22-19(9-11-29-25(22)14-20)13-17-1-3-18(4-2-17)16-31-24-10-12-30-26-15-21(28)6-8-23(24)26/h1-15H,16H2,(H,30,31). The minimum atomic E-state index is 0.689. The Labute approximate surface area is 190 Å². The van der Waals surface area contributed by atoms with E-state index >= 15 is 0 Å². The van der Waals surface area contributed by atoms with E-state index in [1.807, 2.05) is 54.7 Å². The van der Waals surface area contributed by atoms with Crippen LogP contribution in [0.4, 0.5) is 5.69 Å². The highest BCUT2D eigenvalue weighted by atomic mass is 35.5. The Morgan fingerprint density at radius 1 is 0.710 bits per heavy atom. The van der Waals surface area contributed by atoms with E-state index < -0.39 is 0 Å². The molecule has 5 heteroatoms. The molecule has 1 N–H and O–H groups in total. The molecule has 5 aromatic rings. The number of fused-ring (bicyclic) bond motifs is 2. The molecule has 3 nitrogen and oxygen atoms in total. The van der Waals surface area contributed by atoms with Crippen molar-refractivity contribution in [1.29, 1.82) is 0 Å². The molecule has 2 heterocycles. The average Bonchev–Trinajstić information content (AvgIpc) is 2.78. The molecule has 5 rings (SSSR count). The van der Waals surface area contributed by atoms with Gasteiger partial charge >= 0.3 is 0 Å². The fourth-order valence-corrected chi connectivity index (χ4v) is 3.99. The fraction of sp³-hybridized carbons (Fsp3) is 0.0385. The molecule has 1 radical (unpaired) electrons. The van der Waals surface area contributed by atoms with Crippen LogP contribution in [0.1, 0.15) is 16.7 Å². The molecular weight excluding hydrogens is 425 g/mol. The van der Waals surface area contributed by atoms with Crippen molar-refractivity contribution >= 4 is 50.7 Å². The van der Waals surface area contributed by atoms with Crippen LogP contribution in [0, 0.1) is 6.42 Å². The Kier molecular flexibility index (Phi) is 5.46. The van der Waals surface area contributed by atoms with Crippen LogP contribution in [0.5, 0.6) is 0 Å². The topological polar surface area (TPSA) is 37.8 Å². The molecule has 0 aliphatic carbocycles. The first-order valence-corrected chi connectivity index (χ1v) is 10.7. The van der Waals surface area contributed by atoms with Crippen molar-refractivity contribution < 1.29 is 0 Å². The van der Waals surface area contributed by atoms with Gasteiger partial charge in [0.1, 0.15) is 0 Å². The quantitative estimate of drug-likeness (QED) is 0.310. The molecule has 0 spiro atoms. The first-order valence-electron chi connectivity index (χ1n) is 9.92. The van der Waals surface area contributed by atoms with Gasteiger partial charge in [0.05, 0.1) is 11.0 Å². The Hall–Kier alpha value is -3.14. The summed E-state index contributed by atoms with van der Waals surface area (Å²) in [5.41, 5.74) is 6.27. The predicted octanol–water partition coefficient (Wildman–Crippen LogP) is 7.30.